The van der Waals surface area contributed by atoms with Crippen molar-refractivity contribution in [1.29, 1.82) is 0 Å². The minimum Gasteiger partial charge on any atom is -0.504 e. The van der Waals surface area contributed by atoms with E-state index in [2.05, 4.69) is 31.3 Å². The molecule has 1 aliphatic rings. The fourth-order valence-corrected chi connectivity index (χ4v) is 4.59. The quantitative estimate of drug-likeness (QED) is 0.729. The van der Waals surface area contributed by atoms with Crippen LogP contribution in [0.25, 0.3) is 0 Å². The molecule has 2 aromatic rings. The maximum atomic E-state index is 9.99. The number of nitrogens with one attached hydrogen (secondary N) is 1. The molecule has 1 atom stereocenters. The highest BCUT2D eigenvalue weighted by molar-refractivity contribution is 7.99. The molecule has 0 spiro atoms. The highest BCUT2D eigenvalue weighted by Gasteiger charge is 2.35. The van der Waals surface area contributed by atoms with Gasteiger partial charge in [0.25, 0.3) is 0 Å². The lowest BCUT2D eigenvalue weighted by atomic mass is 9.90. The number of fused-ring (bicyclic) bond motifs is 1. The Morgan fingerprint density at radius 1 is 1.09 bits per heavy atom. The van der Waals surface area contributed by atoms with Crippen molar-refractivity contribution in [2.45, 2.75) is 43.2 Å². The Balaban J connectivity index is 2.14. The van der Waals surface area contributed by atoms with Crippen molar-refractivity contribution >= 4 is 11.8 Å². The summed E-state index contributed by atoms with van der Waals surface area (Å²) in [5.74, 6) is 0.830. The molecular weight excluding hydrogens is 306 g/mol. The molecule has 3 nitrogen and oxygen atoms in total. The van der Waals surface area contributed by atoms with E-state index >= 15 is 0 Å². The summed E-state index contributed by atoms with van der Waals surface area (Å²) in [6.45, 7) is 4.42. The van der Waals surface area contributed by atoms with Crippen LogP contribution in [-0.2, 0) is 0 Å². The first-order chi connectivity index (χ1) is 11.1. The number of aromatic hydroxyl groups is 2. The minimum atomic E-state index is -0.0624. The van der Waals surface area contributed by atoms with Gasteiger partial charge in [-0.25, -0.2) is 0 Å². The second-order valence-corrected chi connectivity index (χ2v) is 7.16. The lowest BCUT2D eigenvalue weighted by molar-refractivity contribution is 0.316. The van der Waals surface area contributed by atoms with E-state index in [1.54, 1.807) is 23.9 Å². The Kier molecular flexibility index (Phi) is 4.55. The predicted molar refractivity (Wildman–Crippen MR) is 95.2 cm³/mol. The largest absolute Gasteiger partial charge is 0.504 e. The molecule has 122 valence electrons. The van der Waals surface area contributed by atoms with Crippen LogP contribution in [-0.4, -0.2) is 21.5 Å². The van der Waals surface area contributed by atoms with Gasteiger partial charge in [-0.1, -0.05) is 44.2 Å². The SMILES string of the molecule is CCC1(CC)CSc2cc(O)c(O)cc2C(c2ccccc2)N1. The Hall–Kier alpha value is -1.65. The van der Waals surface area contributed by atoms with Crippen LogP contribution < -0.4 is 5.32 Å². The molecule has 3 N–H and O–H groups in total. The Morgan fingerprint density at radius 2 is 1.74 bits per heavy atom. The van der Waals surface area contributed by atoms with Gasteiger partial charge in [0.05, 0.1) is 6.04 Å². The van der Waals surface area contributed by atoms with Crippen molar-refractivity contribution in [3.05, 3.63) is 53.6 Å². The zero-order chi connectivity index (χ0) is 16.4. The lowest BCUT2D eigenvalue weighted by Gasteiger charge is -2.35. The molecule has 1 aliphatic heterocycles. The number of hydrogen-bond acceptors (Lipinski definition) is 4. The maximum absolute atomic E-state index is 9.99. The zero-order valence-electron chi connectivity index (χ0n) is 13.5. The molecule has 4 heteroatoms. The van der Waals surface area contributed by atoms with Crippen molar-refractivity contribution in [2.75, 3.05) is 5.75 Å². The molecule has 3 rings (SSSR count). The molecule has 0 amide bonds. The fraction of sp³-hybridized carbons (Fsp3) is 0.368. The molecule has 23 heavy (non-hydrogen) atoms. The van der Waals surface area contributed by atoms with E-state index in [1.165, 1.54) is 5.56 Å². The van der Waals surface area contributed by atoms with Crippen LogP contribution in [0, 0.1) is 0 Å². The average molecular weight is 329 g/mol. The molecule has 1 heterocycles. The van der Waals surface area contributed by atoms with Crippen molar-refractivity contribution in [1.82, 2.24) is 5.32 Å². The topological polar surface area (TPSA) is 52.5 Å². The summed E-state index contributed by atoms with van der Waals surface area (Å²) in [5, 5.41) is 23.7. The molecule has 0 aromatic heterocycles. The van der Waals surface area contributed by atoms with E-state index in [0.29, 0.717) is 0 Å². The van der Waals surface area contributed by atoms with Gasteiger partial charge >= 0.3 is 0 Å². The number of phenols is 2. The van der Waals surface area contributed by atoms with Crippen LogP contribution in [0.4, 0.5) is 0 Å². The molecule has 0 radical (unpaired) electrons. The van der Waals surface area contributed by atoms with E-state index in [0.717, 1.165) is 29.1 Å². The smallest absolute Gasteiger partial charge is 0.158 e. The van der Waals surface area contributed by atoms with Gasteiger partial charge in [0.2, 0.25) is 0 Å². The van der Waals surface area contributed by atoms with Crippen molar-refractivity contribution in [2.24, 2.45) is 0 Å². The Labute approximate surface area is 141 Å². The number of rotatable bonds is 3. The van der Waals surface area contributed by atoms with Gasteiger partial charge in [-0.3, -0.25) is 5.32 Å². The van der Waals surface area contributed by atoms with Gasteiger partial charge in [-0.05, 0) is 36.1 Å². The second-order valence-electron chi connectivity index (χ2n) is 6.14. The van der Waals surface area contributed by atoms with Gasteiger partial charge in [0, 0.05) is 16.2 Å². The van der Waals surface area contributed by atoms with E-state index in [1.807, 2.05) is 18.2 Å². The summed E-state index contributed by atoms with van der Waals surface area (Å²) in [6.07, 6.45) is 2.07. The summed E-state index contributed by atoms with van der Waals surface area (Å²) in [4.78, 5) is 1.03. The molecule has 2 aromatic carbocycles. The fourth-order valence-electron chi connectivity index (χ4n) is 3.13. The van der Waals surface area contributed by atoms with Gasteiger partial charge < -0.3 is 10.2 Å². The third-order valence-corrected chi connectivity index (χ3v) is 6.22. The van der Waals surface area contributed by atoms with Crippen LogP contribution >= 0.6 is 11.8 Å². The average Bonchev–Trinajstić information content (AvgIpc) is 2.74. The van der Waals surface area contributed by atoms with Gasteiger partial charge in [-0.15, -0.1) is 11.8 Å². The maximum Gasteiger partial charge on any atom is 0.158 e. The normalized spacial score (nSPS) is 19.8. The standard InChI is InChI=1S/C19H23NO2S/c1-3-19(4-2)12-23-17-11-16(22)15(21)10-14(17)18(20-19)13-8-6-5-7-9-13/h5-11,18,20-22H,3-4,12H2,1-2H3. The third-order valence-electron chi connectivity index (χ3n) is 4.86. The van der Waals surface area contributed by atoms with Crippen molar-refractivity contribution in [3.8, 4) is 11.5 Å². The van der Waals surface area contributed by atoms with E-state index in [9.17, 15) is 10.2 Å². The van der Waals surface area contributed by atoms with E-state index < -0.39 is 0 Å². The van der Waals surface area contributed by atoms with Crippen LogP contribution in [0.5, 0.6) is 11.5 Å². The predicted octanol–water partition coefficient (Wildman–Crippen LogP) is 4.44. The van der Waals surface area contributed by atoms with E-state index in [-0.39, 0.29) is 23.1 Å². The molecule has 0 aliphatic carbocycles. The minimum absolute atomic E-state index is 0.00704. The van der Waals surface area contributed by atoms with Gasteiger partial charge in [0.15, 0.2) is 11.5 Å². The van der Waals surface area contributed by atoms with Crippen molar-refractivity contribution in [3.63, 3.8) is 0 Å². The molecule has 0 saturated carbocycles. The summed E-state index contributed by atoms with van der Waals surface area (Å²) in [7, 11) is 0. The summed E-state index contributed by atoms with van der Waals surface area (Å²) in [5.41, 5.74) is 2.24. The summed E-state index contributed by atoms with van der Waals surface area (Å²) in [6, 6.07) is 13.7. The number of phenolic OH excluding ortho intramolecular Hbond substituents is 2. The third kappa shape index (κ3) is 3.06. The lowest BCUT2D eigenvalue weighted by Crippen LogP contribution is -2.47. The van der Waals surface area contributed by atoms with Crippen LogP contribution in [0.1, 0.15) is 43.9 Å². The zero-order valence-corrected chi connectivity index (χ0v) is 14.4. The van der Waals surface area contributed by atoms with Crippen LogP contribution in [0.15, 0.2) is 47.4 Å². The molecule has 0 fully saturated rings. The number of hydrogen-bond donors (Lipinski definition) is 3. The number of thioether (sulfide) groups is 1. The monoisotopic (exact) mass is 329 g/mol. The molecule has 0 saturated heterocycles. The molecule has 1 unspecified atom stereocenters. The Bertz CT molecular complexity index is 683. The number of benzene rings is 2. The highest BCUT2D eigenvalue weighted by atomic mass is 32.2. The highest BCUT2D eigenvalue weighted by Crippen LogP contribution is 2.44. The summed E-state index contributed by atoms with van der Waals surface area (Å²) >= 11 is 1.75. The molecule has 0 bridgehead atoms. The van der Waals surface area contributed by atoms with E-state index in [4.69, 9.17) is 0 Å². The first kappa shape index (κ1) is 16.2. The van der Waals surface area contributed by atoms with Gasteiger partial charge in [-0.2, -0.15) is 0 Å². The first-order valence-electron chi connectivity index (χ1n) is 8.10. The Morgan fingerprint density at radius 3 is 2.39 bits per heavy atom. The second kappa shape index (κ2) is 6.46. The molecular formula is C19H23NO2S. The van der Waals surface area contributed by atoms with Crippen LogP contribution in [0.2, 0.25) is 0 Å². The van der Waals surface area contributed by atoms with Crippen LogP contribution in [0.3, 0.4) is 0 Å². The summed E-state index contributed by atoms with van der Waals surface area (Å²) < 4.78 is 0. The first-order valence-corrected chi connectivity index (χ1v) is 9.08. The van der Waals surface area contributed by atoms with Crippen molar-refractivity contribution < 1.29 is 10.2 Å². The van der Waals surface area contributed by atoms with Gasteiger partial charge in [0.1, 0.15) is 0 Å².